The van der Waals surface area contributed by atoms with Crippen LogP contribution in [0.2, 0.25) is 0 Å². The van der Waals surface area contributed by atoms with Gasteiger partial charge in [-0.1, -0.05) is 11.8 Å². The number of hydrogen-bond acceptors (Lipinski definition) is 4. The Kier molecular flexibility index (Phi) is 4.08. The third kappa shape index (κ3) is 3.17. The lowest BCUT2D eigenvalue weighted by molar-refractivity contribution is 0.601. The second kappa shape index (κ2) is 5.77. The minimum atomic E-state index is -3.62. The summed E-state index contributed by atoms with van der Waals surface area (Å²) in [5.41, 5.74) is 7.38. The van der Waals surface area contributed by atoms with E-state index in [1.54, 1.807) is 25.1 Å². The average molecular weight is 290 g/mol. The summed E-state index contributed by atoms with van der Waals surface area (Å²) in [7, 11) is -3.62. The lowest BCUT2D eigenvalue weighted by atomic mass is 10.1. The molecule has 1 aromatic heterocycles. The van der Waals surface area contributed by atoms with Crippen LogP contribution in [0.1, 0.15) is 11.1 Å². The number of hydrogen-bond donors (Lipinski definition) is 3. The van der Waals surface area contributed by atoms with E-state index in [0.29, 0.717) is 5.69 Å². The predicted molar refractivity (Wildman–Crippen MR) is 76.5 cm³/mol. The normalized spacial score (nSPS) is 10.7. The molecule has 0 aliphatic rings. The molecule has 0 spiro atoms. The summed E-state index contributed by atoms with van der Waals surface area (Å²) >= 11 is 0. The maximum absolute atomic E-state index is 12.1. The number of aromatic amines is 1. The molecule has 104 valence electrons. The molecule has 2 rings (SSSR count). The van der Waals surface area contributed by atoms with Gasteiger partial charge in [-0.15, -0.1) is 0 Å². The molecule has 0 aliphatic heterocycles. The Morgan fingerprint density at radius 2 is 2.25 bits per heavy atom. The first kappa shape index (κ1) is 14.1. The molecule has 0 radical (unpaired) electrons. The fraction of sp³-hybridized carbons (Fsp3) is 0.154. The van der Waals surface area contributed by atoms with Crippen molar-refractivity contribution in [3.63, 3.8) is 0 Å². The first-order valence-electron chi connectivity index (χ1n) is 5.84. The van der Waals surface area contributed by atoms with Gasteiger partial charge in [0.15, 0.2) is 0 Å². The van der Waals surface area contributed by atoms with Crippen LogP contribution in [0, 0.1) is 18.8 Å². The van der Waals surface area contributed by atoms with Crippen LogP contribution in [-0.4, -0.2) is 25.2 Å². The quantitative estimate of drug-likeness (QED) is 0.729. The summed E-state index contributed by atoms with van der Waals surface area (Å²) < 4.78 is 26.6. The number of benzene rings is 1. The molecule has 0 atom stereocenters. The Morgan fingerprint density at radius 1 is 1.45 bits per heavy atom. The van der Waals surface area contributed by atoms with Crippen LogP contribution in [0.4, 0.5) is 5.69 Å². The molecular formula is C13H14N4O2S. The van der Waals surface area contributed by atoms with Crippen LogP contribution in [-0.2, 0) is 10.0 Å². The second-order valence-corrected chi connectivity index (χ2v) is 5.76. The standard InChI is InChI=1S/C13H14N4O2S/c1-10-7-11(3-2-6-14)4-5-13(10)17-20(18,19)12-8-15-16-9-12/h4-5,7-9,17H,6,14H2,1H3,(H,15,16). The van der Waals surface area contributed by atoms with Crippen molar-refractivity contribution in [1.29, 1.82) is 0 Å². The highest BCUT2D eigenvalue weighted by Gasteiger charge is 2.16. The molecule has 1 aromatic carbocycles. The molecule has 0 fully saturated rings. The molecule has 0 saturated carbocycles. The molecule has 1 heterocycles. The van der Waals surface area contributed by atoms with Gasteiger partial charge in [0.2, 0.25) is 0 Å². The number of nitrogens with one attached hydrogen (secondary N) is 2. The van der Waals surface area contributed by atoms with Crippen molar-refractivity contribution in [2.24, 2.45) is 5.73 Å². The summed E-state index contributed by atoms with van der Waals surface area (Å²) in [5.74, 6) is 5.64. The van der Waals surface area contributed by atoms with Gasteiger partial charge in [-0.2, -0.15) is 5.10 Å². The number of aryl methyl sites for hydroxylation is 1. The monoisotopic (exact) mass is 290 g/mol. The SMILES string of the molecule is Cc1cc(C#CCN)ccc1NS(=O)(=O)c1cn[nH]c1. The van der Waals surface area contributed by atoms with Crippen molar-refractivity contribution in [2.75, 3.05) is 11.3 Å². The van der Waals surface area contributed by atoms with E-state index in [0.717, 1.165) is 11.1 Å². The van der Waals surface area contributed by atoms with Crippen LogP contribution < -0.4 is 10.5 Å². The van der Waals surface area contributed by atoms with E-state index in [2.05, 4.69) is 26.8 Å². The van der Waals surface area contributed by atoms with Crippen LogP contribution in [0.5, 0.6) is 0 Å². The van der Waals surface area contributed by atoms with Gasteiger partial charge < -0.3 is 5.73 Å². The van der Waals surface area contributed by atoms with Gasteiger partial charge in [0.1, 0.15) is 4.90 Å². The Morgan fingerprint density at radius 3 is 2.85 bits per heavy atom. The summed E-state index contributed by atoms with van der Waals surface area (Å²) in [6.07, 6.45) is 2.57. The first-order valence-corrected chi connectivity index (χ1v) is 7.32. The lowest BCUT2D eigenvalue weighted by Gasteiger charge is -2.09. The van der Waals surface area contributed by atoms with Crippen molar-refractivity contribution >= 4 is 15.7 Å². The van der Waals surface area contributed by atoms with Gasteiger partial charge in [0.05, 0.1) is 18.4 Å². The fourth-order valence-corrected chi connectivity index (χ4v) is 2.63. The number of H-pyrrole nitrogens is 1. The number of nitrogens with two attached hydrogens (primary N) is 1. The fourth-order valence-electron chi connectivity index (χ4n) is 1.60. The van der Waals surface area contributed by atoms with E-state index in [9.17, 15) is 8.42 Å². The molecule has 4 N–H and O–H groups in total. The van der Waals surface area contributed by atoms with Gasteiger partial charge in [-0.25, -0.2) is 8.42 Å². The Balaban J connectivity index is 2.27. The maximum atomic E-state index is 12.1. The zero-order valence-electron chi connectivity index (χ0n) is 10.8. The van der Waals surface area contributed by atoms with Crippen molar-refractivity contribution in [3.8, 4) is 11.8 Å². The van der Waals surface area contributed by atoms with E-state index in [4.69, 9.17) is 5.73 Å². The van der Waals surface area contributed by atoms with E-state index >= 15 is 0 Å². The number of anilines is 1. The molecule has 0 aliphatic carbocycles. The number of sulfonamides is 1. The van der Waals surface area contributed by atoms with Crippen molar-refractivity contribution in [3.05, 3.63) is 41.7 Å². The molecule has 0 bridgehead atoms. The van der Waals surface area contributed by atoms with Crippen molar-refractivity contribution in [1.82, 2.24) is 10.2 Å². The number of aromatic nitrogens is 2. The molecule has 0 saturated heterocycles. The van der Waals surface area contributed by atoms with Crippen molar-refractivity contribution in [2.45, 2.75) is 11.8 Å². The minimum Gasteiger partial charge on any atom is -0.320 e. The van der Waals surface area contributed by atoms with E-state index in [1.807, 2.05) is 0 Å². The minimum absolute atomic E-state index is 0.0869. The highest BCUT2D eigenvalue weighted by Crippen LogP contribution is 2.20. The maximum Gasteiger partial charge on any atom is 0.265 e. The Bertz CT molecular complexity index is 755. The third-order valence-electron chi connectivity index (χ3n) is 2.59. The highest BCUT2D eigenvalue weighted by molar-refractivity contribution is 7.92. The summed E-state index contributed by atoms with van der Waals surface area (Å²) in [6.45, 7) is 2.09. The summed E-state index contributed by atoms with van der Waals surface area (Å²) in [5, 5.41) is 6.10. The molecule has 20 heavy (non-hydrogen) atoms. The van der Waals surface area contributed by atoms with Crippen LogP contribution in [0.15, 0.2) is 35.5 Å². The van der Waals surface area contributed by atoms with Crippen LogP contribution in [0.3, 0.4) is 0 Å². The smallest absolute Gasteiger partial charge is 0.265 e. The average Bonchev–Trinajstić information content (AvgIpc) is 2.94. The van der Waals surface area contributed by atoms with Gasteiger partial charge in [0, 0.05) is 11.8 Å². The van der Waals surface area contributed by atoms with Gasteiger partial charge in [-0.3, -0.25) is 9.82 Å². The highest BCUT2D eigenvalue weighted by atomic mass is 32.2. The Labute approximate surface area is 117 Å². The summed E-state index contributed by atoms with van der Waals surface area (Å²) in [6, 6.07) is 5.21. The van der Waals surface area contributed by atoms with Gasteiger partial charge in [-0.05, 0) is 30.7 Å². The van der Waals surface area contributed by atoms with Crippen LogP contribution in [0.25, 0.3) is 0 Å². The first-order chi connectivity index (χ1) is 9.53. The predicted octanol–water partition coefficient (Wildman–Crippen LogP) is 0.829. The third-order valence-corrected chi connectivity index (χ3v) is 3.92. The molecule has 6 nitrogen and oxygen atoms in total. The molecule has 7 heteroatoms. The van der Waals surface area contributed by atoms with Crippen LogP contribution >= 0.6 is 0 Å². The van der Waals surface area contributed by atoms with E-state index in [-0.39, 0.29) is 11.4 Å². The Hall–Kier alpha value is -2.30. The van der Waals surface area contributed by atoms with E-state index in [1.165, 1.54) is 12.4 Å². The largest absolute Gasteiger partial charge is 0.320 e. The lowest BCUT2D eigenvalue weighted by Crippen LogP contribution is -2.13. The van der Waals surface area contributed by atoms with E-state index < -0.39 is 10.0 Å². The molecule has 2 aromatic rings. The molecule has 0 amide bonds. The zero-order chi connectivity index (χ0) is 14.6. The number of rotatable bonds is 3. The molecular weight excluding hydrogens is 276 g/mol. The summed E-state index contributed by atoms with van der Waals surface area (Å²) in [4.78, 5) is 0.0869. The van der Waals surface area contributed by atoms with Gasteiger partial charge >= 0.3 is 0 Å². The number of nitrogens with zero attached hydrogens (tertiary/aromatic N) is 1. The van der Waals surface area contributed by atoms with Crippen molar-refractivity contribution < 1.29 is 8.42 Å². The zero-order valence-corrected chi connectivity index (χ0v) is 11.7. The molecule has 0 unspecified atom stereocenters. The topological polar surface area (TPSA) is 101 Å². The second-order valence-electron chi connectivity index (χ2n) is 4.08. The van der Waals surface area contributed by atoms with Gasteiger partial charge in [0.25, 0.3) is 10.0 Å².